The number of carbonyl (C=O) groups excluding carboxylic acids is 1. The lowest BCUT2D eigenvalue weighted by atomic mass is 10.2. The van der Waals surface area contributed by atoms with Crippen LogP contribution in [0.5, 0.6) is 0 Å². The van der Waals surface area contributed by atoms with E-state index in [1.165, 1.54) is 24.3 Å². The number of nitro benzene ring substituents is 1. The highest BCUT2D eigenvalue weighted by atomic mass is 28.1. The molecule has 1 aromatic rings. The average Bonchev–Trinajstić information content (AvgIpc) is 2.05. The largest absolute Gasteiger partial charge is 0.298 e. The monoisotopic (exact) mass is 183 g/mol. The minimum Gasteiger partial charge on any atom is -0.298 e. The molecule has 12 heavy (non-hydrogen) atoms. The van der Waals surface area contributed by atoms with Gasteiger partial charge in [-0.05, 0) is 23.1 Å². The fourth-order valence-corrected chi connectivity index (χ4v) is 0.675. The van der Waals surface area contributed by atoms with Crippen molar-refractivity contribution in [3.8, 4) is 0 Å². The molecule has 5 heteroatoms. The first kappa shape index (κ1) is 10.5. The summed E-state index contributed by atoms with van der Waals surface area (Å²) in [6, 6.07) is 5.41. The van der Waals surface area contributed by atoms with Crippen molar-refractivity contribution in [2.45, 2.75) is 0 Å². The number of benzene rings is 1. The Bertz CT molecular complexity index is 283. The van der Waals surface area contributed by atoms with Gasteiger partial charge >= 0.3 is 0 Å². The highest BCUT2D eigenvalue weighted by Crippen LogP contribution is 2.09. The highest BCUT2D eigenvalue weighted by Gasteiger charge is 2.02. The van der Waals surface area contributed by atoms with Crippen LogP contribution >= 0.6 is 0 Å². The summed E-state index contributed by atoms with van der Waals surface area (Å²) in [6.07, 6.45) is 0.643. The topological polar surface area (TPSA) is 60.2 Å². The number of nitro groups is 1. The molecule has 0 radical (unpaired) electrons. The first-order valence-corrected chi connectivity index (χ1v) is 2.93. The Balaban J connectivity index is 0.00000121. The van der Waals surface area contributed by atoms with Gasteiger partial charge in [-0.1, -0.05) is 0 Å². The van der Waals surface area contributed by atoms with Crippen molar-refractivity contribution in [3.63, 3.8) is 0 Å². The molecular weight excluding hydrogens is 174 g/mol. The van der Waals surface area contributed by atoms with Crippen LogP contribution in [0.1, 0.15) is 10.4 Å². The zero-order chi connectivity index (χ0) is 8.27. The van der Waals surface area contributed by atoms with E-state index < -0.39 is 4.92 Å². The Hall–Kier alpha value is -1.49. The Kier molecular flexibility index (Phi) is 3.85. The molecule has 1 aromatic carbocycles. The molecule has 0 heterocycles. The maximum absolute atomic E-state index is 10.1. The summed E-state index contributed by atoms with van der Waals surface area (Å²) in [7, 11) is 0. The molecule has 0 fully saturated rings. The summed E-state index contributed by atoms with van der Waals surface area (Å²) in [6.45, 7) is 0. The summed E-state index contributed by atoms with van der Waals surface area (Å²) in [4.78, 5) is 19.7. The van der Waals surface area contributed by atoms with Crippen molar-refractivity contribution in [3.05, 3.63) is 39.9 Å². The number of carbonyl (C=O) groups is 1. The summed E-state index contributed by atoms with van der Waals surface area (Å²) >= 11 is 0. The number of non-ortho nitro benzene ring substituents is 1. The molecule has 4 nitrogen and oxygen atoms in total. The normalized spacial score (nSPS) is 8.33. The molecule has 0 bridgehead atoms. The number of hydrogen-bond acceptors (Lipinski definition) is 3. The molecule has 0 aliphatic heterocycles. The van der Waals surface area contributed by atoms with Crippen LogP contribution in [0.15, 0.2) is 24.3 Å². The van der Waals surface area contributed by atoms with Gasteiger partial charge in [-0.25, -0.2) is 0 Å². The van der Waals surface area contributed by atoms with Crippen molar-refractivity contribution < 1.29 is 9.72 Å². The molecule has 0 saturated carbocycles. The molecule has 0 aromatic heterocycles. The predicted molar refractivity (Wildman–Crippen MR) is 49.8 cm³/mol. The van der Waals surface area contributed by atoms with Crippen LogP contribution in [0.25, 0.3) is 0 Å². The van der Waals surface area contributed by atoms with Crippen LogP contribution in [-0.4, -0.2) is 22.2 Å². The van der Waals surface area contributed by atoms with Gasteiger partial charge in [0.15, 0.2) is 0 Å². The fraction of sp³-hybridized carbons (Fsp3) is 0. The van der Waals surface area contributed by atoms with E-state index in [0.717, 1.165) is 0 Å². The number of rotatable bonds is 2. The van der Waals surface area contributed by atoms with Crippen molar-refractivity contribution in [2.75, 3.05) is 0 Å². The van der Waals surface area contributed by atoms with E-state index in [1.807, 2.05) is 0 Å². The standard InChI is InChI=1S/C7H5NO3.H4Si/c9-5-6-1-3-7(4-2-6)8(10)11;/h1-5H;1H4. The first-order valence-electron chi connectivity index (χ1n) is 2.93. The maximum atomic E-state index is 10.1. The quantitative estimate of drug-likeness (QED) is 0.280. The zero-order valence-corrected chi connectivity index (χ0v) is 5.56. The number of aldehydes is 1. The summed E-state index contributed by atoms with van der Waals surface area (Å²) < 4.78 is 0. The van der Waals surface area contributed by atoms with Gasteiger partial charge in [-0.15, -0.1) is 0 Å². The Morgan fingerprint density at radius 1 is 1.25 bits per heavy atom. The van der Waals surface area contributed by atoms with Crippen molar-refractivity contribution in [1.82, 2.24) is 0 Å². The summed E-state index contributed by atoms with van der Waals surface area (Å²) in [5.41, 5.74) is 0.436. The van der Waals surface area contributed by atoms with E-state index in [1.54, 1.807) is 0 Å². The lowest BCUT2D eigenvalue weighted by molar-refractivity contribution is -0.384. The first-order chi connectivity index (χ1) is 5.24. The van der Waals surface area contributed by atoms with Crippen LogP contribution in [0.3, 0.4) is 0 Å². The van der Waals surface area contributed by atoms with Crippen molar-refractivity contribution >= 4 is 22.9 Å². The van der Waals surface area contributed by atoms with Crippen LogP contribution in [0.4, 0.5) is 5.69 Å². The second-order valence-corrected chi connectivity index (χ2v) is 1.97. The van der Waals surface area contributed by atoms with Crippen molar-refractivity contribution in [2.24, 2.45) is 0 Å². The third-order valence-corrected chi connectivity index (χ3v) is 1.24. The molecule has 0 aliphatic carbocycles. The average molecular weight is 183 g/mol. The third-order valence-electron chi connectivity index (χ3n) is 1.24. The van der Waals surface area contributed by atoms with Gasteiger partial charge in [0.2, 0.25) is 0 Å². The fourth-order valence-electron chi connectivity index (χ4n) is 0.675. The highest BCUT2D eigenvalue weighted by molar-refractivity contribution is 5.75. The Morgan fingerprint density at radius 3 is 2.08 bits per heavy atom. The Morgan fingerprint density at radius 2 is 1.75 bits per heavy atom. The van der Waals surface area contributed by atoms with Crippen LogP contribution < -0.4 is 0 Å². The lowest BCUT2D eigenvalue weighted by Gasteiger charge is -1.89. The van der Waals surface area contributed by atoms with Gasteiger partial charge in [0.05, 0.1) is 4.92 Å². The molecular formula is C7H9NO3Si. The molecule has 1 rings (SSSR count). The van der Waals surface area contributed by atoms with Crippen LogP contribution in [0, 0.1) is 10.1 Å². The van der Waals surface area contributed by atoms with Gasteiger partial charge in [0.1, 0.15) is 6.29 Å². The number of hydrogen-bond donors (Lipinski definition) is 0. The lowest BCUT2D eigenvalue weighted by Crippen LogP contribution is -1.87. The Labute approximate surface area is 73.4 Å². The van der Waals surface area contributed by atoms with Crippen molar-refractivity contribution in [1.29, 1.82) is 0 Å². The molecule has 0 spiro atoms. The molecule has 0 saturated heterocycles. The third kappa shape index (κ3) is 2.28. The predicted octanol–water partition coefficient (Wildman–Crippen LogP) is -0.0443. The SMILES string of the molecule is O=Cc1ccc([N+](=O)[O-])cc1.[SiH4]. The van der Waals surface area contributed by atoms with Gasteiger partial charge in [0, 0.05) is 17.7 Å². The summed E-state index contributed by atoms with van der Waals surface area (Å²) in [5.74, 6) is 0. The second-order valence-electron chi connectivity index (χ2n) is 1.97. The molecule has 0 unspecified atom stereocenters. The van der Waals surface area contributed by atoms with E-state index >= 15 is 0 Å². The van der Waals surface area contributed by atoms with Gasteiger partial charge in [-0.2, -0.15) is 0 Å². The molecule has 0 amide bonds. The van der Waals surface area contributed by atoms with Crippen LogP contribution in [-0.2, 0) is 0 Å². The number of nitrogens with zero attached hydrogens (tertiary/aromatic N) is 1. The zero-order valence-electron chi connectivity index (χ0n) is 5.56. The van der Waals surface area contributed by atoms with Gasteiger partial charge in [0.25, 0.3) is 5.69 Å². The smallest absolute Gasteiger partial charge is 0.269 e. The van der Waals surface area contributed by atoms with Crippen LogP contribution in [0.2, 0.25) is 0 Å². The second kappa shape index (κ2) is 4.40. The minimum absolute atomic E-state index is 0. The molecule has 0 aliphatic rings. The molecule has 64 valence electrons. The van der Waals surface area contributed by atoms with E-state index in [9.17, 15) is 14.9 Å². The molecule has 0 atom stereocenters. The maximum Gasteiger partial charge on any atom is 0.269 e. The van der Waals surface area contributed by atoms with E-state index in [4.69, 9.17) is 0 Å². The minimum atomic E-state index is -0.505. The molecule has 0 N–H and O–H groups in total. The van der Waals surface area contributed by atoms with E-state index in [0.29, 0.717) is 11.8 Å². The van der Waals surface area contributed by atoms with Gasteiger partial charge in [-0.3, -0.25) is 14.9 Å². The van der Waals surface area contributed by atoms with E-state index in [-0.39, 0.29) is 16.7 Å². The van der Waals surface area contributed by atoms with Gasteiger partial charge < -0.3 is 0 Å². The van der Waals surface area contributed by atoms with E-state index in [2.05, 4.69) is 0 Å². The summed E-state index contributed by atoms with van der Waals surface area (Å²) in [5, 5.41) is 10.1.